The van der Waals surface area contributed by atoms with Gasteiger partial charge in [-0.05, 0) is 42.5 Å². The van der Waals surface area contributed by atoms with Gasteiger partial charge in [0.2, 0.25) is 0 Å². The summed E-state index contributed by atoms with van der Waals surface area (Å²) < 4.78 is 21.6. The van der Waals surface area contributed by atoms with E-state index in [4.69, 9.17) is 4.74 Å². The van der Waals surface area contributed by atoms with Crippen molar-refractivity contribution in [2.75, 3.05) is 0 Å². The third kappa shape index (κ3) is 4.22. The average Bonchev–Trinajstić information content (AvgIpc) is 3.31. The van der Waals surface area contributed by atoms with E-state index in [1.54, 1.807) is 15.8 Å². The molecule has 0 radical (unpaired) electrons. The van der Waals surface area contributed by atoms with Gasteiger partial charge in [-0.1, -0.05) is 44.2 Å². The predicted octanol–water partition coefficient (Wildman–Crippen LogP) is 5.29. The molecule has 3 aromatic rings. The van der Waals surface area contributed by atoms with Crippen LogP contribution in [0.3, 0.4) is 0 Å². The van der Waals surface area contributed by atoms with E-state index in [0.29, 0.717) is 30.3 Å². The highest BCUT2D eigenvalue weighted by atomic mass is 19.1. The molecule has 0 spiro atoms. The standard InChI is InChI=1S/C25H25FN4O2/c1-16(2)9-19-10-22(26)20(12-27)24(11-19)30-13-21-17(3)29(14-23(21)28-30)25(31)32-15-18-7-5-4-6-8-18/h4-8,10-11,13,16-17H,9,14-15H2,1-3H3. The number of benzene rings is 2. The number of rotatable bonds is 5. The molecule has 2 aromatic carbocycles. The van der Waals surface area contributed by atoms with E-state index < -0.39 is 11.9 Å². The maximum Gasteiger partial charge on any atom is 0.410 e. The third-order valence-electron chi connectivity index (χ3n) is 5.63. The third-order valence-corrected chi connectivity index (χ3v) is 5.63. The van der Waals surface area contributed by atoms with Gasteiger partial charge in [-0.3, -0.25) is 4.90 Å². The molecule has 2 heterocycles. The summed E-state index contributed by atoms with van der Waals surface area (Å²) in [7, 11) is 0. The number of aromatic nitrogens is 2. The van der Waals surface area contributed by atoms with Crippen LogP contribution in [0, 0.1) is 23.1 Å². The highest BCUT2D eigenvalue weighted by Crippen LogP contribution is 2.34. The summed E-state index contributed by atoms with van der Waals surface area (Å²) in [5.41, 5.74) is 3.70. The molecule has 6 nitrogen and oxygen atoms in total. The van der Waals surface area contributed by atoms with E-state index in [1.807, 2.05) is 49.4 Å². The first kappa shape index (κ1) is 21.6. The van der Waals surface area contributed by atoms with E-state index in [1.165, 1.54) is 6.07 Å². The monoisotopic (exact) mass is 432 g/mol. The maximum atomic E-state index is 14.6. The molecule has 1 aliphatic rings. The van der Waals surface area contributed by atoms with E-state index in [2.05, 4.69) is 18.9 Å². The van der Waals surface area contributed by atoms with E-state index in [9.17, 15) is 14.4 Å². The molecule has 4 rings (SSSR count). The van der Waals surface area contributed by atoms with Gasteiger partial charge in [0.1, 0.15) is 24.1 Å². The Bertz CT molecular complexity index is 1180. The Morgan fingerprint density at radius 1 is 1.28 bits per heavy atom. The lowest BCUT2D eigenvalue weighted by atomic mass is 10.00. The normalized spacial score (nSPS) is 15.0. The summed E-state index contributed by atoms with van der Waals surface area (Å²) in [5, 5.41) is 14.1. The van der Waals surface area contributed by atoms with Crippen LogP contribution in [0.2, 0.25) is 0 Å². The highest BCUT2D eigenvalue weighted by Gasteiger charge is 2.34. The predicted molar refractivity (Wildman–Crippen MR) is 117 cm³/mol. The molecular weight excluding hydrogens is 407 g/mol. The summed E-state index contributed by atoms with van der Waals surface area (Å²) in [5.74, 6) is -0.191. The summed E-state index contributed by atoms with van der Waals surface area (Å²) >= 11 is 0. The Balaban J connectivity index is 1.55. The smallest absolute Gasteiger partial charge is 0.410 e. The fourth-order valence-electron chi connectivity index (χ4n) is 4.04. The molecule has 7 heteroatoms. The first-order valence-electron chi connectivity index (χ1n) is 10.7. The van der Waals surface area contributed by atoms with Crippen LogP contribution in [0.25, 0.3) is 5.69 Å². The van der Waals surface area contributed by atoms with Crippen molar-refractivity contribution in [1.29, 1.82) is 5.26 Å². The van der Waals surface area contributed by atoms with Crippen molar-refractivity contribution >= 4 is 6.09 Å². The van der Waals surface area contributed by atoms with E-state index in [0.717, 1.165) is 16.7 Å². The Morgan fingerprint density at radius 2 is 2.03 bits per heavy atom. The molecule has 1 unspecified atom stereocenters. The van der Waals surface area contributed by atoms with Gasteiger partial charge in [0.25, 0.3) is 0 Å². The number of carbonyl (C=O) groups is 1. The van der Waals surface area contributed by atoms with Crippen molar-refractivity contribution in [1.82, 2.24) is 14.7 Å². The van der Waals surface area contributed by atoms with E-state index >= 15 is 0 Å². The van der Waals surface area contributed by atoms with Crippen LogP contribution in [0.5, 0.6) is 0 Å². The maximum absolute atomic E-state index is 14.6. The fraction of sp³-hybridized carbons (Fsp3) is 0.320. The largest absolute Gasteiger partial charge is 0.445 e. The lowest BCUT2D eigenvalue weighted by Gasteiger charge is -2.21. The van der Waals surface area contributed by atoms with Crippen LogP contribution in [0.1, 0.15) is 54.8 Å². The molecule has 1 atom stereocenters. The van der Waals surface area contributed by atoms with E-state index in [-0.39, 0.29) is 18.2 Å². The topological polar surface area (TPSA) is 71.2 Å². The fourth-order valence-corrected chi connectivity index (χ4v) is 4.04. The number of hydrogen-bond donors (Lipinski definition) is 0. The van der Waals surface area contributed by atoms with Crippen molar-refractivity contribution in [2.45, 2.75) is 46.4 Å². The Morgan fingerprint density at radius 3 is 2.69 bits per heavy atom. The van der Waals surface area contributed by atoms with Crippen LogP contribution in [0.4, 0.5) is 9.18 Å². The van der Waals surface area contributed by atoms with Gasteiger partial charge in [-0.25, -0.2) is 13.9 Å². The second-order valence-corrected chi connectivity index (χ2v) is 8.50. The van der Waals surface area contributed by atoms with Crippen molar-refractivity contribution < 1.29 is 13.9 Å². The number of hydrogen-bond acceptors (Lipinski definition) is 4. The minimum absolute atomic E-state index is 0.0366. The van der Waals surface area contributed by atoms with Gasteiger partial charge in [-0.2, -0.15) is 10.4 Å². The second-order valence-electron chi connectivity index (χ2n) is 8.50. The van der Waals surface area contributed by atoms with Crippen molar-refractivity contribution in [3.05, 3.63) is 82.4 Å². The molecule has 0 saturated heterocycles. The van der Waals surface area contributed by atoms with Crippen LogP contribution in [-0.2, 0) is 24.3 Å². The van der Waals surface area contributed by atoms with Gasteiger partial charge in [-0.15, -0.1) is 0 Å². The summed E-state index contributed by atoms with van der Waals surface area (Å²) in [4.78, 5) is 14.2. The Kier molecular flexibility index (Phi) is 5.95. The van der Waals surface area contributed by atoms with Gasteiger partial charge in [0, 0.05) is 11.8 Å². The molecule has 0 fully saturated rings. The van der Waals surface area contributed by atoms with Gasteiger partial charge in [0.05, 0.1) is 24.0 Å². The molecule has 1 aliphatic heterocycles. The van der Waals surface area contributed by atoms with Crippen molar-refractivity contribution in [3.63, 3.8) is 0 Å². The average molecular weight is 432 g/mol. The molecule has 0 bridgehead atoms. The minimum Gasteiger partial charge on any atom is -0.445 e. The summed E-state index contributed by atoms with van der Waals surface area (Å²) in [6, 6.07) is 14.5. The number of nitrogens with zero attached hydrogens (tertiary/aromatic N) is 4. The molecule has 32 heavy (non-hydrogen) atoms. The number of amides is 1. The molecule has 0 saturated carbocycles. The van der Waals surface area contributed by atoms with Gasteiger partial charge >= 0.3 is 6.09 Å². The van der Waals surface area contributed by atoms with Crippen LogP contribution < -0.4 is 0 Å². The van der Waals surface area contributed by atoms with Crippen LogP contribution in [-0.4, -0.2) is 20.8 Å². The highest BCUT2D eigenvalue weighted by molar-refractivity contribution is 5.69. The van der Waals surface area contributed by atoms with Crippen molar-refractivity contribution in [2.24, 2.45) is 5.92 Å². The lowest BCUT2D eigenvalue weighted by Crippen LogP contribution is -2.29. The molecular formula is C25H25FN4O2. The van der Waals surface area contributed by atoms with Crippen LogP contribution >= 0.6 is 0 Å². The van der Waals surface area contributed by atoms with Gasteiger partial charge in [0.15, 0.2) is 0 Å². The minimum atomic E-state index is -0.546. The van der Waals surface area contributed by atoms with Crippen LogP contribution in [0.15, 0.2) is 48.7 Å². The molecule has 0 aliphatic carbocycles. The number of carbonyl (C=O) groups excluding carboxylic acids is 1. The quantitative estimate of drug-likeness (QED) is 0.549. The molecule has 1 amide bonds. The number of nitriles is 1. The zero-order valence-corrected chi connectivity index (χ0v) is 18.4. The summed E-state index contributed by atoms with van der Waals surface area (Å²) in [6.07, 6.45) is 2.07. The van der Waals surface area contributed by atoms with Gasteiger partial charge < -0.3 is 4.74 Å². The first-order valence-corrected chi connectivity index (χ1v) is 10.7. The number of fused-ring (bicyclic) bond motifs is 1. The zero-order chi connectivity index (χ0) is 22.8. The Labute approximate surface area is 186 Å². The second kappa shape index (κ2) is 8.83. The SMILES string of the molecule is CC(C)Cc1cc(F)c(C#N)c(-n2cc3c(n2)CN(C(=O)OCc2ccccc2)C3C)c1. The zero-order valence-electron chi connectivity index (χ0n) is 18.4. The number of halogens is 1. The molecule has 1 aromatic heterocycles. The molecule has 164 valence electrons. The summed E-state index contributed by atoms with van der Waals surface area (Å²) in [6.45, 7) is 6.53. The number of ether oxygens (including phenoxy) is 1. The molecule has 0 N–H and O–H groups in total. The first-order chi connectivity index (χ1) is 15.4. The Hall–Kier alpha value is -3.66. The lowest BCUT2D eigenvalue weighted by molar-refractivity contribution is 0.0854. The van der Waals surface area contributed by atoms with Crippen molar-refractivity contribution in [3.8, 4) is 11.8 Å².